The number of nitro benzene ring substituents is 1. The van der Waals surface area contributed by atoms with Crippen LogP contribution in [0.1, 0.15) is 0 Å². The largest absolute Gasteiger partial charge is 0.435 e. The monoisotopic (exact) mass is 207 g/mol. The summed E-state index contributed by atoms with van der Waals surface area (Å²) in [6, 6.07) is 2.17. The van der Waals surface area contributed by atoms with E-state index in [9.17, 15) is 23.3 Å². The molecule has 0 aliphatic heterocycles. The first-order valence-electron chi connectivity index (χ1n) is 3.39. The average molecular weight is 207 g/mol. The maximum Gasteiger partial charge on any atom is 0.387 e. The molecule has 7 heteroatoms. The molecule has 0 bridgehead atoms. The molecular formula is C7H4F3NO3. The first-order chi connectivity index (χ1) is 6.50. The molecule has 0 saturated carbocycles. The average Bonchev–Trinajstić information content (AvgIpc) is 2.07. The highest BCUT2D eigenvalue weighted by molar-refractivity contribution is 5.39. The molecule has 0 heterocycles. The fraction of sp³-hybridized carbons (Fsp3) is 0.143. The van der Waals surface area contributed by atoms with Crippen LogP contribution in [0.2, 0.25) is 0 Å². The van der Waals surface area contributed by atoms with Gasteiger partial charge in [0.1, 0.15) is 5.75 Å². The predicted octanol–water partition coefficient (Wildman–Crippen LogP) is 2.34. The molecule has 0 aliphatic carbocycles. The van der Waals surface area contributed by atoms with Gasteiger partial charge in [0, 0.05) is 0 Å². The maximum absolute atomic E-state index is 12.7. The number of nitro groups is 1. The van der Waals surface area contributed by atoms with Crippen LogP contribution >= 0.6 is 0 Å². The Labute approximate surface area is 76.1 Å². The molecule has 0 saturated heterocycles. The van der Waals surface area contributed by atoms with Crippen molar-refractivity contribution in [2.75, 3.05) is 0 Å². The minimum absolute atomic E-state index is 0.451. The minimum Gasteiger partial charge on any atom is -0.435 e. The van der Waals surface area contributed by atoms with Crippen molar-refractivity contribution in [3.05, 3.63) is 34.1 Å². The topological polar surface area (TPSA) is 52.4 Å². The number of alkyl halides is 2. The zero-order valence-corrected chi connectivity index (χ0v) is 6.62. The van der Waals surface area contributed by atoms with Crippen LogP contribution in [0.3, 0.4) is 0 Å². The smallest absolute Gasteiger partial charge is 0.387 e. The molecular weight excluding hydrogens is 203 g/mol. The van der Waals surface area contributed by atoms with E-state index in [-0.39, 0.29) is 0 Å². The fourth-order valence-corrected chi connectivity index (χ4v) is 0.809. The Kier molecular flexibility index (Phi) is 2.90. The van der Waals surface area contributed by atoms with E-state index >= 15 is 0 Å². The van der Waals surface area contributed by atoms with Gasteiger partial charge in [-0.3, -0.25) is 10.1 Å². The van der Waals surface area contributed by atoms with Crippen molar-refractivity contribution in [2.45, 2.75) is 6.61 Å². The third-order valence-electron chi connectivity index (χ3n) is 1.34. The van der Waals surface area contributed by atoms with Crippen molar-refractivity contribution >= 4 is 5.69 Å². The Bertz CT molecular complexity index is 356. The van der Waals surface area contributed by atoms with Gasteiger partial charge in [-0.2, -0.15) is 13.2 Å². The second kappa shape index (κ2) is 3.95. The van der Waals surface area contributed by atoms with Crippen LogP contribution in [0.5, 0.6) is 5.75 Å². The highest BCUT2D eigenvalue weighted by atomic mass is 19.3. The molecule has 0 fully saturated rings. The first kappa shape index (κ1) is 10.3. The summed E-state index contributed by atoms with van der Waals surface area (Å²) >= 11 is 0. The molecule has 0 aliphatic rings. The molecule has 1 aromatic rings. The Morgan fingerprint density at radius 3 is 2.57 bits per heavy atom. The molecule has 0 aromatic heterocycles. The second-order valence-electron chi connectivity index (χ2n) is 2.25. The summed E-state index contributed by atoms with van der Waals surface area (Å²) in [5.74, 6) is -1.55. The molecule has 4 nitrogen and oxygen atoms in total. The van der Waals surface area contributed by atoms with E-state index < -0.39 is 28.8 Å². The third-order valence-corrected chi connectivity index (χ3v) is 1.34. The van der Waals surface area contributed by atoms with E-state index in [4.69, 9.17) is 0 Å². The molecule has 1 aromatic carbocycles. The van der Waals surface area contributed by atoms with E-state index in [2.05, 4.69) is 4.74 Å². The Balaban J connectivity index is 3.00. The summed E-state index contributed by atoms with van der Waals surface area (Å²) in [5, 5.41) is 10.2. The summed E-state index contributed by atoms with van der Waals surface area (Å²) < 4.78 is 39.9. The zero-order chi connectivity index (χ0) is 10.7. The van der Waals surface area contributed by atoms with E-state index in [1.807, 2.05) is 0 Å². The van der Waals surface area contributed by atoms with Crippen molar-refractivity contribution < 1.29 is 22.8 Å². The van der Waals surface area contributed by atoms with Crippen LogP contribution in [0, 0.1) is 15.9 Å². The molecule has 0 N–H and O–H groups in total. The normalized spacial score (nSPS) is 10.3. The SMILES string of the molecule is O=[N+]([O-])c1cc(OC(F)F)ccc1F. The van der Waals surface area contributed by atoms with E-state index in [0.717, 1.165) is 6.07 Å². The van der Waals surface area contributed by atoms with E-state index in [1.165, 1.54) is 0 Å². The number of hydrogen-bond acceptors (Lipinski definition) is 3. The predicted molar refractivity (Wildman–Crippen MR) is 39.7 cm³/mol. The highest BCUT2D eigenvalue weighted by Gasteiger charge is 2.16. The van der Waals surface area contributed by atoms with Crippen molar-refractivity contribution in [1.29, 1.82) is 0 Å². The van der Waals surface area contributed by atoms with Gasteiger partial charge in [-0.05, 0) is 12.1 Å². The number of ether oxygens (including phenoxy) is 1. The standard InChI is InChI=1S/C7H4F3NO3/c8-5-2-1-4(14-7(9)10)3-6(5)11(12)13/h1-3,7H. The number of nitrogens with zero attached hydrogens (tertiary/aromatic N) is 1. The molecule has 76 valence electrons. The highest BCUT2D eigenvalue weighted by Crippen LogP contribution is 2.24. The van der Waals surface area contributed by atoms with Gasteiger partial charge in [-0.1, -0.05) is 0 Å². The van der Waals surface area contributed by atoms with Gasteiger partial charge in [-0.15, -0.1) is 0 Å². The lowest BCUT2D eigenvalue weighted by molar-refractivity contribution is -0.387. The fourth-order valence-electron chi connectivity index (χ4n) is 0.809. The lowest BCUT2D eigenvalue weighted by Gasteiger charge is -2.03. The molecule has 1 rings (SSSR count). The van der Waals surface area contributed by atoms with Crippen molar-refractivity contribution in [3.8, 4) is 5.75 Å². The molecule has 0 atom stereocenters. The maximum atomic E-state index is 12.7. The van der Waals surface area contributed by atoms with Crippen LogP contribution in [0.25, 0.3) is 0 Å². The Morgan fingerprint density at radius 2 is 2.07 bits per heavy atom. The molecule has 14 heavy (non-hydrogen) atoms. The number of rotatable bonds is 3. The van der Waals surface area contributed by atoms with Crippen molar-refractivity contribution in [2.24, 2.45) is 0 Å². The van der Waals surface area contributed by atoms with Gasteiger partial charge in [0.15, 0.2) is 0 Å². The zero-order valence-electron chi connectivity index (χ0n) is 6.62. The van der Waals surface area contributed by atoms with Crippen LogP contribution in [-0.2, 0) is 0 Å². The first-order valence-corrected chi connectivity index (χ1v) is 3.39. The quantitative estimate of drug-likeness (QED) is 0.564. The van der Waals surface area contributed by atoms with Crippen LogP contribution < -0.4 is 4.74 Å². The number of benzene rings is 1. The third kappa shape index (κ3) is 2.35. The van der Waals surface area contributed by atoms with Crippen molar-refractivity contribution in [3.63, 3.8) is 0 Å². The summed E-state index contributed by atoms with van der Waals surface area (Å²) in [5.41, 5.74) is -0.900. The Hall–Kier alpha value is -1.79. The Morgan fingerprint density at radius 1 is 1.43 bits per heavy atom. The molecule has 0 amide bonds. The molecule has 0 spiro atoms. The van der Waals surface area contributed by atoms with Gasteiger partial charge in [-0.25, -0.2) is 0 Å². The lowest BCUT2D eigenvalue weighted by atomic mass is 10.3. The van der Waals surface area contributed by atoms with Gasteiger partial charge < -0.3 is 4.74 Å². The van der Waals surface area contributed by atoms with Gasteiger partial charge in [0.25, 0.3) is 0 Å². The molecule has 0 unspecified atom stereocenters. The van der Waals surface area contributed by atoms with Crippen LogP contribution in [0.4, 0.5) is 18.9 Å². The number of halogens is 3. The second-order valence-corrected chi connectivity index (χ2v) is 2.25. The summed E-state index contributed by atoms with van der Waals surface area (Å²) in [6.07, 6.45) is 0. The van der Waals surface area contributed by atoms with Crippen LogP contribution in [0.15, 0.2) is 18.2 Å². The van der Waals surface area contributed by atoms with Crippen LogP contribution in [-0.4, -0.2) is 11.5 Å². The summed E-state index contributed by atoms with van der Waals surface area (Å²) in [7, 11) is 0. The molecule has 0 radical (unpaired) electrons. The van der Waals surface area contributed by atoms with Gasteiger partial charge >= 0.3 is 12.3 Å². The lowest BCUT2D eigenvalue weighted by Crippen LogP contribution is -2.02. The van der Waals surface area contributed by atoms with E-state index in [0.29, 0.717) is 12.1 Å². The van der Waals surface area contributed by atoms with Crippen molar-refractivity contribution in [1.82, 2.24) is 0 Å². The minimum atomic E-state index is -3.10. The number of hydrogen-bond donors (Lipinski definition) is 0. The summed E-state index contributed by atoms with van der Waals surface area (Å²) in [6.45, 7) is -3.10. The van der Waals surface area contributed by atoms with Gasteiger partial charge in [0.05, 0.1) is 11.0 Å². The van der Waals surface area contributed by atoms with Gasteiger partial charge in [0.2, 0.25) is 5.82 Å². The van der Waals surface area contributed by atoms with E-state index in [1.54, 1.807) is 0 Å². The summed E-state index contributed by atoms with van der Waals surface area (Å²) in [4.78, 5) is 9.16.